The van der Waals surface area contributed by atoms with Crippen LogP contribution in [0.4, 0.5) is 13.9 Å². The molecule has 0 aliphatic carbocycles. The van der Waals surface area contributed by atoms with Crippen molar-refractivity contribution in [2.24, 2.45) is 0 Å². The van der Waals surface area contributed by atoms with Crippen LogP contribution in [0.25, 0.3) is 22.7 Å². The number of nitrogens with one attached hydrogen (secondary N) is 1. The van der Waals surface area contributed by atoms with Crippen molar-refractivity contribution in [2.45, 2.75) is 26.4 Å². The molecule has 2 aromatic heterocycles. The second-order valence-corrected chi connectivity index (χ2v) is 7.95. The number of alkyl halides is 2. The lowest BCUT2D eigenvalue weighted by molar-refractivity contribution is -0.116. The van der Waals surface area contributed by atoms with Crippen molar-refractivity contribution < 1.29 is 22.7 Å². The number of nitrogens with zero attached hydrogens (tertiary/aromatic N) is 3. The third kappa shape index (κ3) is 5.33. The van der Waals surface area contributed by atoms with Crippen molar-refractivity contribution in [1.29, 1.82) is 0 Å². The minimum atomic E-state index is -2.87. The summed E-state index contributed by atoms with van der Waals surface area (Å²) in [5, 5.41) is 11.2. The molecule has 32 heavy (non-hydrogen) atoms. The largest absolute Gasteiger partial charge is 0.435 e. The Balaban J connectivity index is 1.35. The highest BCUT2D eigenvalue weighted by atomic mass is 32.1. The molecule has 1 amide bonds. The van der Waals surface area contributed by atoms with Crippen molar-refractivity contribution in [2.75, 3.05) is 5.32 Å². The number of amides is 1. The van der Waals surface area contributed by atoms with Gasteiger partial charge in [0, 0.05) is 28.8 Å². The Morgan fingerprint density at radius 3 is 2.56 bits per heavy atom. The number of anilines is 1. The molecule has 1 N–H and O–H groups in total. The van der Waals surface area contributed by atoms with Gasteiger partial charge in [0.25, 0.3) is 0 Å². The summed E-state index contributed by atoms with van der Waals surface area (Å²) in [6.45, 7) is -1.00. The van der Waals surface area contributed by atoms with Gasteiger partial charge in [0.05, 0.1) is 5.69 Å². The van der Waals surface area contributed by atoms with Crippen molar-refractivity contribution >= 4 is 22.4 Å². The van der Waals surface area contributed by atoms with Gasteiger partial charge in [0.1, 0.15) is 5.75 Å². The molecule has 0 saturated carbocycles. The van der Waals surface area contributed by atoms with Crippen LogP contribution in [0.1, 0.15) is 17.2 Å². The van der Waals surface area contributed by atoms with Gasteiger partial charge in [0.15, 0.2) is 5.13 Å². The molecule has 4 rings (SSSR count). The SMILES string of the molecule is Cc1sc(NC(=O)CCc2nnc(-c3ccccc3)o2)nc1-c1ccc(OC(F)F)cc1. The summed E-state index contributed by atoms with van der Waals surface area (Å²) in [6, 6.07) is 15.6. The summed E-state index contributed by atoms with van der Waals surface area (Å²) in [5.41, 5.74) is 2.22. The first-order valence-electron chi connectivity index (χ1n) is 9.68. The Bertz CT molecular complexity index is 1190. The monoisotopic (exact) mass is 456 g/mol. The van der Waals surface area contributed by atoms with E-state index >= 15 is 0 Å². The first-order valence-corrected chi connectivity index (χ1v) is 10.5. The summed E-state index contributed by atoms with van der Waals surface area (Å²) >= 11 is 1.33. The van der Waals surface area contributed by atoms with Gasteiger partial charge in [-0.3, -0.25) is 4.79 Å². The fourth-order valence-electron chi connectivity index (χ4n) is 2.97. The zero-order valence-electron chi connectivity index (χ0n) is 16.9. The Kier molecular flexibility index (Phi) is 6.50. The van der Waals surface area contributed by atoms with E-state index in [0.29, 0.717) is 29.0 Å². The Morgan fingerprint density at radius 1 is 1.09 bits per heavy atom. The van der Waals surface area contributed by atoms with Crippen molar-refractivity contribution in [3.63, 3.8) is 0 Å². The van der Waals surface area contributed by atoms with Gasteiger partial charge >= 0.3 is 6.61 Å². The predicted octanol–water partition coefficient (Wildman–Crippen LogP) is 5.34. The lowest BCUT2D eigenvalue weighted by Crippen LogP contribution is -2.12. The highest BCUT2D eigenvalue weighted by molar-refractivity contribution is 7.16. The number of thiazole rings is 1. The molecule has 0 radical (unpaired) electrons. The first-order chi connectivity index (χ1) is 15.5. The van der Waals surface area contributed by atoms with Gasteiger partial charge in [-0.25, -0.2) is 4.98 Å². The molecule has 0 aliphatic heterocycles. The highest BCUT2D eigenvalue weighted by Gasteiger charge is 2.14. The lowest BCUT2D eigenvalue weighted by atomic mass is 10.1. The molecule has 164 valence electrons. The van der Waals surface area contributed by atoms with Gasteiger partial charge in [0.2, 0.25) is 17.7 Å². The van der Waals surface area contributed by atoms with E-state index in [9.17, 15) is 13.6 Å². The molecule has 0 spiro atoms. The van der Waals surface area contributed by atoms with Gasteiger partial charge < -0.3 is 14.5 Å². The molecule has 0 fully saturated rings. The molecule has 7 nitrogen and oxygen atoms in total. The summed E-state index contributed by atoms with van der Waals surface area (Å²) < 4.78 is 34.6. The maximum Gasteiger partial charge on any atom is 0.387 e. The van der Waals surface area contributed by atoms with Crippen LogP contribution in [0.5, 0.6) is 5.75 Å². The van der Waals surface area contributed by atoms with Crippen molar-refractivity contribution in [3.8, 4) is 28.5 Å². The fraction of sp³-hybridized carbons (Fsp3) is 0.182. The number of hydrogen-bond acceptors (Lipinski definition) is 7. The molecule has 2 heterocycles. The number of halogens is 2. The summed E-state index contributed by atoms with van der Waals surface area (Å²) in [7, 11) is 0. The van der Waals surface area contributed by atoms with Crippen molar-refractivity contribution in [3.05, 3.63) is 65.4 Å². The van der Waals surface area contributed by atoms with Gasteiger partial charge in [-0.05, 0) is 43.3 Å². The number of ether oxygens (including phenoxy) is 1. The zero-order valence-corrected chi connectivity index (χ0v) is 17.7. The van der Waals surface area contributed by atoms with E-state index in [1.807, 2.05) is 37.3 Å². The normalized spacial score (nSPS) is 11.0. The number of hydrogen-bond donors (Lipinski definition) is 1. The van der Waals surface area contributed by atoms with Crippen LogP contribution in [0.2, 0.25) is 0 Å². The number of rotatable bonds is 8. The molecule has 10 heteroatoms. The molecule has 0 saturated heterocycles. The van der Waals surface area contributed by atoms with E-state index < -0.39 is 6.61 Å². The van der Waals surface area contributed by atoms with Crippen LogP contribution in [-0.2, 0) is 11.2 Å². The van der Waals surface area contributed by atoms with Crippen LogP contribution in [0.3, 0.4) is 0 Å². The van der Waals surface area contributed by atoms with Crippen molar-refractivity contribution in [1.82, 2.24) is 15.2 Å². The standard InChI is InChI=1S/C22H18F2N4O3S/c1-13-19(14-7-9-16(10-8-14)30-21(23)24)26-22(32-13)25-17(29)11-12-18-27-28-20(31-18)15-5-3-2-4-6-15/h2-10,21H,11-12H2,1H3,(H,25,26,29). The molecular weight excluding hydrogens is 438 g/mol. The average molecular weight is 456 g/mol. The second kappa shape index (κ2) is 9.65. The van der Waals surface area contributed by atoms with E-state index in [1.54, 1.807) is 12.1 Å². The third-order valence-corrected chi connectivity index (χ3v) is 5.34. The van der Waals surface area contributed by atoms with E-state index in [2.05, 4.69) is 25.2 Å². The average Bonchev–Trinajstić information content (AvgIpc) is 3.40. The molecule has 0 unspecified atom stereocenters. The summed E-state index contributed by atoms with van der Waals surface area (Å²) in [5.74, 6) is 0.624. The minimum absolute atomic E-state index is 0.0709. The molecular formula is C22H18F2N4O3S. The fourth-order valence-corrected chi connectivity index (χ4v) is 3.82. The smallest absolute Gasteiger partial charge is 0.387 e. The number of aromatic nitrogens is 3. The number of carbonyl (C=O) groups is 1. The van der Waals surface area contributed by atoms with Crippen LogP contribution in [-0.4, -0.2) is 27.7 Å². The van der Waals surface area contributed by atoms with Gasteiger partial charge in [-0.2, -0.15) is 8.78 Å². The Morgan fingerprint density at radius 2 is 1.84 bits per heavy atom. The predicted molar refractivity (Wildman–Crippen MR) is 116 cm³/mol. The number of carbonyl (C=O) groups excluding carboxylic acids is 1. The lowest BCUT2D eigenvalue weighted by Gasteiger charge is -2.05. The quantitative estimate of drug-likeness (QED) is 0.385. The third-order valence-electron chi connectivity index (χ3n) is 4.45. The van der Waals surface area contributed by atoms with E-state index in [0.717, 1.165) is 16.0 Å². The Labute approximate surface area is 186 Å². The topological polar surface area (TPSA) is 90.1 Å². The van der Waals surface area contributed by atoms with E-state index in [-0.39, 0.29) is 18.1 Å². The summed E-state index contributed by atoms with van der Waals surface area (Å²) in [6.07, 6.45) is 0.457. The number of aryl methyl sites for hydroxylation is 2. The van der Waals surface area contributed by atoms with Gasteiger partial charge in [-0.15, -0.1) is 21.5 Å². The maximum absolute atomic E-state index is 12.3. The van der Waals surface area contributed by atoms with Crippen LogP contribution < -0.4 is 10.1 Å². The second-order valence-electron chi connectivity index (χ2n) is 6.74. The van der Waals surface area contributed by atoms with E-state index in [4.69, 9.17) is 4.42 Å². The van der Waals surface area contributed by atoms with Crippen LogP contribution in [0.15, 0.2) is 59.0 Å². The molecule has 2 aromatic carbocycles. The molecule has 0 aliphatic rings. The Hall–Kier alpha value is -3.66. The van der Waals surface area contributed by atoms with Gasteiger partial charge in [-0.1, -0.05) is 18.2 Å². The van der Waals surface area contributed by atoms with E-state index in [1.165, 1.54) is 23.5 Å². The summed E-state index contributed by atoms with van der Waals surface area (Å²) in [4.78, 5) is 17.7. The minimum Gasteiger partial charge on any atom is -0.435 e. The van der Waals surface area contributed by atoms with Crippen LogP contribution in [0, 0.1) is 6.92 Å². The molecule has 4 aromatic rings. The molecule has 0 atom stereocenters. The number of benzene rings is 2. The zero-order chi connectivity index (χ0) is 22.5. The van der Waals surface area contributed by atoms with Crippen LogP contribution >= 0.6 is 11.3 Å². The maximum atomic E-state index is 12.3. The highest BCUT2D eigenvalue weighted by Crippen LogP contribution is 2.31. The molecule has 0 bridgehead atoms. The first kappa shape index (κ1) is 21.6.